The number of nitrogens with one attached hydrogen (secondary N) is 1. The first-order valence-electron chi connectivity index (χ1n) is 7.29. The summed E-state index contributed by atoms with van der Waals surface area (Å²) in [5.41, 5.74) is 0. The Bertz CT molecular complexity index is 472. The summed E-state index contributed by atoms with van der Waals surface area (Å²) in [7, 11) is 0. The minimum absolute atomic E-state index is 0.00699. The normalized spacial score (nSPS) is 24.6. The van der Waals surface area contributed by atoms with Crippen LogP contribution in [0.4, 0.5) is 0 Å². The lowest BCUT2D eigenvalue weighted by Gasteiger charge is -2.42. The fourth-order valence-electron chi connectivity index (χ4n) is 2.83. The SMILES string of the molecule is CCC1NC(=O)C(CC)N(C(CC)c2cccs2)C1=O. The number of carbonyl (C=O) groups is 2. The van der Waals surface area contributed by atoms with E-state index in [4.69, 9.17) is 0 Å². The molecule has 110 valence electrons. The van der Waals surface area contributed by atoms with Gasteiger partial charge in [0, 0.05) is 4.88 Å². The lowest BCUT2D eigenvalue weighted by atomic mass is 9.99. The van der Waals surface area contributed by atoms with Gasteiger partial charge >= 0.3 is 0 Å². The zero-order chi connectivity index (χ0) is 14.7. The van der Waals surface area contributed by atoms with Gasteiger partial charge in [0.15, 0.2) is 0 Å². The number of hydrogen-bond donors (Lipinski definition) is 1. The van der Waals surface area contributed by atoms with E-state index in [-0.39, 0.29) is 29.9 Å². The monoisotopic (exact) mass is 294 g/mol. The molecule has 2 amide bonds. The van der Waals surface area contributed by atoms with Crippen LogP contribution in [0.1, 0.15) is 51.0 Å². The Morgan fingerprint density at radius 1 is 1.30 bits per heavy atom. The van der Waals surface area contributed by atoms with Crippen LogP contribution in [-0.2, 0) is 9.59 Å². The highest BCUT2D eigenvalue weighted by atomic mass is 32.1. The molecule has 5 heteroatoms. The fourth-order valence-corrected chi connectivity index (χ4v) is 3.74. The molecule has 0 aliphatic carbocycles. The quantitative estimate of drug-likeness (QED) is 0.907. The van der Waals surface area contributed by atoms with Crippen molar-refractivity contribution < 1.29 is 9.59 Å². The number of hydrogen-bond acceptors (Lipinski definition) is 3. The molecule has 20 heavy (non-hydrogen) atoms. The topological polar surface area (TPSA) is 49.4 Å². The van der Waals surface area contributed by atoms with Gasteiger partial charge in [-0.25, -0.2) is 0 Å². The zero-order valence-electron chi connectivity index (χ0n) is 12.3. The molecule has 1 aromatic heterocycles. The average molecular weight is 294 g/mol. The highest BCUT2D eigenvalue weighted by molar-refractivity contribution is 7.10. The Kier molecular flexibility index (Phi) is 4.81. The predicted molar refractivity (Wildman–Crippen MR) is 80.5 cm³/mol. The van der Waals surface area contributed by atoms with E-state index < -0.39 is 0 Å². The van der Waals surface area contributed by atoms with Gasteiger partial charge in [0.25, 0.3) is 0 Å². The van der Waals surface area contributed by atoms with Crippen molar-refractivity contribution in [3.05, 3.63) is 22.4 Å². The Morgan fingerprint density at radius 2 is 2.05 bits per heavy atom. The van der Waals surface area contributed by atoms with Crippen LogP contribution in [0, 0.1) is 0 Å². The highest BCUT2D eigenvalue weighted by Gasteiger charge is 2.42. The minimum Gasteiger partial charge on any atom is -0.343 e. The second kappa shape index (κ2) is 6.39. The maximum atomic E-state index is 12.7. The Balaban J connectivity index is 2.36. The van der Waals surface area contributed by atoms with Gasteiger partial charge in [-0.1, -0.05) is 26.8 Å². The van der Waals surface area contributed by atoms with E-state index in [2.05, 4.69) is 12.2 Å². The molecule has 1 fully saturated rings. The van der Waals surface area contributed by atoms with Crippen molar-refractivity contribution in [1.29, 1.82) is 0 Å². The van der Waals surface area contributed by atoms with Crippen molar-refractivity contribution in [2.45, 2.75) is 58.2 Å². The van der Waals surface area contributed by atoms with Gasteiger partial charge in [0.1, 0.15) is 12.1 Å². The standard InChI is InChI=1S/C15H22N2O2S/c1-4-10-15(19)17(12(6-3)14(18)16-10)11(5-2)13-8-7-9-20-13/h7-12H,4-6H2,1-3H3,(H,16,18). The molecule has 1 aliphatic heterocycles. The van der Waals surface area contributed by atoms with E-state index in [0.717, 1.165) is 11.3 Å². The van der Waals surface area contributed by atoms with E-state index in [1.807, 2.05) is 36.3 Å². The Labute approximate surface area is 124 Å². The maximum absolute atomic E-state index is 12.7. The highest BCUT2D eigenvalue weighted by Crippen LogP contribution is 2.32. The van der Waals surface area contributed by atoms with E-state index in [9.17, 15) is 9.59 Å². The molecule has 2 rings (SSSR count). The first-order chi connectivity index (χ1) is 9.63. The predicted octanol–water partition coefficient (Wildman–Crippen LogP) is 2.71. The molecule has 1 saturated heterocycles. The van der Waals surface area contributed by atoms with Gasteiger partial charge < -0.3 is 10.2 Å². The summed E-state index contributed by atoms with van der Waals surface area (Å²) in [4.78, 5) is 27.9. The second-order valence-electron chi connectivity index (χ2n) is 5.08. The molecule has 1 N–H and O–H groups in total. The van der Waals surface area contributed by atoms with Crippen molar-refractivity contribution in [3.63, 3.8) is 0 Å². The molecule has 3 unspecified atom stereocenters. The third kappa shape index (κ3) is 2.59. The van der Waals surface area contributed by atoms with Crippen LogP contribution < -0.4 is 5.32 Å². The lowest BCUT2D eigenvalue weighted by molar-refractivity contribution is -0.152. The minimum atomic E-state index is -0.376. The molecule has 4 nitrogen and oxygen atoms in total. The summed E-state index contributed by atoms with van der Waals surface area (Å²) in [5.74, 6) is 0.0353. The van der Waals surface area contributed by atoms with Crippen molar-refractivity contribution in [3.8, 4) is 0 Å². The van der Waals surface area contributed by atoms with E-state index >= 15 is 0 Å². The number of thiophene rings is 1. The van der Waals surface area contributed by atoms with Gasteiger partial charge in [-0.15, -0.1) is 11.3 Å². The first-order valence-corrected chi connectivity index (χ1v) is 8.17. The summed E-state index contributed by atoms with van der Waals surface area (Å²) in [5, 5.41) is 4.86. The van der Waals surface area contributed by atoms with Crippen molar-refractivity contribution in [2.24, 2.45) is 0 Å². The van der Waals surface area contributed by atoms with Gasteiger partial charge in [-0.05, 0) is 30.7 Å². The molecular weight excluding hydrogens is 272 g/mol. The number of carbonyl (C=O) groups excluding carboxylic acids is 2. The summed E-state index contributed by atoms with van der Waals surface area (Å²) in [6.07, 6.45) is 2.11. The summed E-state index contributed by atoms with van der Waals surface area (Å²) in [6, 6.07) is 3.33. The largest absolute Gasteiger partial charge is 0.343 e. The van der Waals surface area contributed by atoms with E-state index in [0.29, 0.717) is 12.8 Å². The van der Waals surface area contributed by atoms with Crippen LogP contribution in [0.3, 0.4) is 0 Å². The molecule has 0 saturated carbocycles. The molecule has 0 aromatic carbocycles. The van der Waals surface area contributed by atoms with Crippen molar-refractivity contribution in [1.82, 2.24) is 10.2 Å². The molecule has 0 radical (unpaired) electrons. The molecule has 0 bridgehead atoms. The van der Waals surface area contributed by atoms with Gasteiger partial charge in [-0.2, -0.15) is 0 Å². The van der Waals surface area contributed by atoms with Crippen LogP contribution in [0.15, 0.2) is 17.5 Å². The van der Waals surface area contributed by atoms with Gasteiger partial charge in [-0.3, -0.25) is 9.59 Å². The Morgan fingerprint density at radius 3 is 2.55 bits per heavy atom. The van der Waals surface area contributed by atoms with Gasteiger partial charge in [0.05, 0.1) is 6.04 Å². The fraction of sp³-hybridized carbons (Fsp3) is 0.600. The van der Waals surface area contributed by atoms with Crippen molar-refractivity contribution >= 4 is 23.2 Å². The third-order valence-corrected chi connectivity index (χ3v) is 4.87. The molecular formula is C15H22N2O2S. The summed E-state index contributed by atoms with van der Waals surface area (Å²) < 4.78 is 0. The molecule has 2 heterocycles. The van der Waals surface area contributed by atoms with Crippen LogP contribution in [-0.4, -0.2) is 28.8 Å². The number of nitrogens with zero attached hydrogens (tertiary/aromatic N) is 1. The number of rotatable bonds is 5. The third-order valence-electron chi connectivity index (χ3n) is 3.90. The van der Waals surface area contributed by atoms with Crippen molar-refractivity contribution in [2.75, 3.05) is 0 Å². The molecule has 1 aromatic rings. The van der Waals surface area contributed by atoms with Crippen LogP contribution in [0.25, 0.3) is 0 Å². The van der Waals surface area contributed by atoms with E-state index in [1.54, 1.807) is 11.3 Å². The Hall–Kier alpha value is -1.36. The second-order valence-corrected chi connectivity index (χ2v) is 6.06. The number of amides is 2. The average Bonchev–Trinajstić information content (AvgIpc) is 2.97. The zero-order valence-corrected chi connectivity index (χ0v) is 13.1. The summed E-state index contributed by atoms with van der Waals surface area (Å²) >= 11 is 1.65. The smallest absolute Gasteiger partial charge is 0.246 e. The summed E-state index contributed by atoms with van der Waals surface area (Å²) in [6.45, 7) is 5.95. The van der Waals surface area contributed by atoms with Crippen LogP contribution >= 0.6 is 11.3 Å². The first kappa shape index (κ1) is 15.0. The lowest BCUT2D eigenvalue weighted by Crippen LogP contribution is -2.63. The molecule has 0 spiro atoms. The number of piperazine rings is 1. The molecule has 3 atom stereocenters. The van der Waals surface area contributed by atoms with Gasteiger partial charge in [0.2, 0.25) is 11.8 Å². The maximum Gasteiger partial charge on any atom is 0.246 e. The van der Waals surface area contributed by atoms with Crippen LogP contribution in [0.2, 0.25) is 0 Å². The van der Waals surface area contributed by atoms with Crippen LogP contribution in [0.5, 0.6) is 0 Å². The van der Waals surface area contributed by atoms with E-state index in [1.165, 1.54) is 0 Å². The molecule has 1 aliphatic rings.